The topological polar surface area (TPSA) is 59.1 Å². The summed E-state index contributed by atoms with van der Waals surface area (Å²) < 4.78 is 1.03. The average molecular weight is 194 g/mol. The highest BCUT2D eigenvalue weighted by Gasteiger charge is 2.04. The first-order chi connectivity index (χ1) is 6.20. The lowest BCUT2D eigenvalue weighted by molar-refractivity contribution is 0.281. The van der Waals surface area contributed by atoms with Crippen molar-refractivity contribution in [2.75, 3.05) is 5.73 Å². The Morgan fingerprint density at radius 3 is 3.00 bits per heavy atom. The number of nitrogens with two attached hydrogens (primary N) is 1. The van der Waals surface area contributed by atoms with Crippen molar-refractivity contribution < 1.29 is 5.11 Å². The molecule has 1 aromatic heterocycles. The monoisotopic (exact) mass is 194 g/mol. The molecule has 0 saturated heterocycles. The van der Waals surface area contributed by atoms with Gasteiger partial charge in [0.15, 0.2) is 5.13 Å². The minimum absolute atomic E-state index is 0.0690. The molecular weight excluding hydrogens is 184 g/mol. The molecule has 0 bridgehead atoms. The van der Waals surface area contributed by atoms with Crippen LogP contribution in [0, 0.1) is 6.92 Å². The van der Waals surface area contributed by atoms with E-state index in [1.54, 1.807) is 0 Å². The number of rotatable bonds is 1. The summed E-state index contributed by atoms with van der Waals surface area (Å²) in [4.78, 5) is 4.16. The number of hydrogen-bond acceptors (Lipinski definition) is 4. The highest BCUT2D eigenvalue weighted by atomic mass is 32.1. The van der Waals surface area contributed by atoms with E-state index in [9.17, 15) is 0 Å². The molecule has 0 atom stereocenters. The fourth-order valence-electron chi connectivity index (χ4n) is 1.31. The fourth-order valence-corrected chi connectivity index (χ4v) is 2.09. The van der Waals surface area contributed by atoms with Gasteiger partial charge in [-0.3, -0.25) is 0 Å². The molecule has 1 aromatic carbocycles. The normalized spacial score (nSPS) is 10.9. The second kappa shape index (κ2) is 2.97. The van der Waals surface area contributed by atoms with Gasteiger partial charge in [-0.1, -0.05) is 11.3 Å². The van der Waals surface area contributed by atoms with Crippen LogP contribution in [0.5, 0.6) is 0 Å². The first-order valence-electron chi connectivity index (χ1n) is 3.97. The molecule has 0 saturated carbocycles. The number of anilines is 1. The van der Waals surface area contributed by atoms with E-state index in [0.29, 0.717) is 5.13 Å². The Kier molecular flexibility index (Phi) is 1.94. The second-order valence-corrected chi connectivity index (χ2v) is 4.02. The molecule has 4 heteroatoms. The summed E-state index contributed by atoms with van der Waals surface area (Å²) in [5.74, 6) is 0. The van der Waals surface area contributed by atoms with Gasteiger partial charge in [-0.05, 0) is 30.2 Å². The van der Waals surface area contributed by atoms with Gasteiger partial charge in [-0.15, -0.1) is 0 Å². The van der Waals surface area contributed by atoms with E-state index in [0.717, 1.165) is 21.3 Å². The summed E-state index contributed by atoms with van der Waals surface area (Å²) in [5, 5.41) is 9.61. The predicted molar refractivity (Wildman–Crippen MR) is 54.7 cm³/mol. The minimum Gasteiger partial charge on any atom is -0.392 e. The van der Waals surface area contributed by atoms with Crippen LogP contribution in [0.2, 0.25) is 0 Å². The second-order valence-electron chi connectivity index (χ2n) is 2.96. The van der Waals surface area contributed by atoms with Crippen LogP contribution in [0.1, 0.15) is 11.1 Å². The fraction of sp³-hybridized carbons (Fsp3) is 0.222. The number of nitrogens with zero attached hydrogens (tertiary/aromatic N) is 1. The number of benzene rings is 1. The molecule has 2 rings (SSSR count). The molecule has 2 aromatic rings. The highest BCUT2D eigenvalue weighted by Crippen LogP contribution is 2.26. The Hall–Kier alpha value is -1.13. The number of aromatic nitrogens is 1. The number of aliphatic hydroxyl groups excluding tert-OH is 1. The molecule has 1 heterocycles. The van der Waals surface area contributed by atoms with Crippen molar-refractivity contribution in [3.05, 3.63) is 23.3 Å². The number of aliphatic hydroxyl groups is 1. The summed E-state index contributed by atoms with van der Waals surface area (Å²) in [5.41, 5.74) is 8.49. The zero-order chi connectivity index (χ0) is 9.42. The van der Waals surface area contributed by atoms with Crippen LogP contribution >= 0.6 is 11.3 Å². The molecule has 3 nitrogen and oxygen atoms in total. The molecule has 0 unspecified atom stereocenters. The van der Waals surface area contributed by atoms with Gasteiger partial charge in [-0.2, -0.15) is 0 Å². The highest BCUT2D eigenvalue weighted by molar-refractivity contribution is 7.22. The zero-order valence-electron chi connectivity index (χ0n) is 7.24. The van der Waals surface area contributed by atoms with E-state index in [4.69, 9.17) is 10.8 Å². The van der Waals surface area contributed by atoms with Crippen molar-refractivity contribution in [3.63, 3.8) is 0 Å². The van der Waals surface area contributed by atoms with Crippen molar-refractivity contribution in [2.45, 2.75) is 13.5 Å². The van der Waals surface area contributed by atoms with Crippen LogP contribution in [-0.4, -0.2) is 10.1 Å². The number of aryl methyl sites for hydroxylation is 1. The van der Waals surface area contributed by atoms with Crippen molar-refractivity contribution in [3.8, 4) is 0 Å². The summed E-state index contributed by atoms with van der Waals surface area (Å²) >= 11 is 1.45. The maximum atomic E-state index is 9.04. The quantitative estimate of drug-likeness (QED) is 0.726. The average Bonchev–Trinajstić information content (AvgIpc) is 2.42. The van der Waals surface area contributed by atoms with Gasteiger partial charge in [0.1, 0.15) is 0 Å². The SMILES string of the molecule is Cc1cc2nc(N)sc2cc1CO. The molecule has 0 amide bonds. The standard InChI is InChI=1S/C9H10N2OS/c1-5-2-7-8(3-6(5)4-12)13-9(10)11-7/h2-3,12H,4H2,1H3,(H2,10,11). The first-order valence-corrected chi connectivity index (χ1v) is 4.79. The lowest BCUT2D eigenvalue weighted by atomic mass is 10.1. The molecule has 0 radical (unpaired) electrons. The first kappa shape index (κ1) is 8.47. The zero-order valence-corrected chi connectivity index (χ0v) is 8.06. The van der Waals surface area contributed by atoms with Crippen LogP contribution < -0.4 is 5.73 Å². The van der Waals surface area contributed by atoms with Gasteiger partial charge in [-0.25, -0.2) is 4.98 Å². The Balaban J connectivity index is 2.72. The van der Waals surface area contributed by atoms with Crippen LogP contribution in [0.25, 0.3) is 10.2 Å². The van der Waals surface area contributed by atoms with E-state index in [1.807, 2.05) is 19.1 Å². The van der Waals surface area contributed by atoms with E-state index < -0.39 is 0 Å². The smallest absolute Gasteiger partial charge is 0.181 e. The van der Waals surface area contributed by atoms with E-state index in [2.05, 4.69) is 4.98 Å². The molecule has 13 heavy (non-hydrogen) atoms. The number of fused-ring (bicyclic) bond motifs is 1. The van der Waals surface area contributed by atoms with Crippen molar-refractivity contribution >= 4 is 26.7 Å². The van der Waals surface area contributed by atoms with E-state index >= 15 is 0 Å². The largest absolute Gasteiger partial charge is 0.392 e. The van der Waals surface area contributed by atoms with Gasteiger partial charge in [0.2, 0.25) is 0 Å². The third-order valence-corrected chi connectivity index (χ3v) is 2.88. The summed E-state index contributed by atoms with van der Waals surface area (Å²) in [6.07, 6.45) is 0. The number of nitrogen functional groups attached to an aromatic ring is 1. The molecule has 0 spiro atoms. The molecular formula is C9H10N2OS. The number of thiazole rings is 1. The lowest BCUT2D eigenvalue weighted by Crippen LogP contribution is -1.87. The Bertz CT molecular complexity index is 450. The summed E-state index contributed by atoms with van der Waals surface area (Å²) in [6, 6.07) is 3.90. The molecule has 0 fully saturated rings. The molecule has 0 aliphatic rings. The van der Waals surface area contributed by atoms with Gasteiger partial charge < -0.3 is 10.8 Å². The van der Waals surface area contributed by atoms with E-state index in [-0.39, 0.29) is 6.61 Å². The maximum absolute atomic E-state index is 9.04. The maximum Gasteiger partial charge on any atom is 0.181 e. The Labute approximate surface area is 79.8 Å². The van der Waals surface area contributed by atoms with Crippen LogP contribution in [0.15, 0.2) is 12.1 Å². The van der Waals surface area contributed by atoms with Crippen molar-refractivity contribution in [1.29, 1.82) is 0 Å². The van der Waals surface area contributed by atoms with Crippen molar-refractivity contribution in [1.82, 2.24) is 4.98 Å². The van der Waals surface area contributed by atoms with Gasteiger partial charge >= 0.3 is 0 Å². The van der Waals surface area contributed by atoms with Gasteiger partial charge in [0.25, 0.3) is 0 Å². The van der Waals surface area contributed by atoms with Crippen LogP contribution in [0.4, 0.5) is 5.13 Å². The Morgan fingerprint density at radius 2 is 2.31 bits per heavy atom. The summed E-state index contributed by atoms with van der Waals surface area (Å²) in [7, 11) is 0. The van der Waals surface area contributed by atoms with Crippen LogP contribution in [-0.2, 0) is 6.61 Å². The van der Waals surface area contributed by atoms with Gasteiger partial charge in [0, 0.05) is 0 Å². The number of hydrogen-bond donors (Lipinski definition) is 2. The molecule has 3 N–H and O–H groups in total. The van der Waals surface area contributed by atoms with E-state index in [1.165, 1.54) is 11.3 Å². The van der Waals surface area contributed by atoms with Crippen LogP contribution in [0.3, 0.4) is 0 Å². The Morgan fingerprint density at radius 1 is 1.54 bits per heavy atom. The molecule has 0 aliphatic carbocycles. The lowest BCUT2D eigenvalue weighted by Gasteiger charge is -2.00. The third-order valence-electron chi connectivity index (χ3n) is 2.03. The van der Waals surface area contributed by atoms with Crippen molar-refractivity contribution in [2.24, 2.45) is 0 Å². The minimum atomic E-state index is 0.0690. The predicted octanol–water partition coefficient (Wildman–Crippen LogP) is 1.68. The molecule has 0 aliphatic heterocycles. The third kappa shape index (κ3) is 1.38. The summed E-state index contributed by atoms with van der Waals surface area (Å²) in [6.45, 7) is 2.03. The molecule has 68 valence electrons. The van der Waals surface area contributed by atoms with Gasteiger partial charge in [0.05, 0.1) is 16.8 Å².